The van der Waals surface area contributed by atoms with Crippen molar-refractivity contribution in [3.63, 3.8) is 0 Å². The van der Waals surface area contributed by atoms with Gasteiger partial charge in [-0.1, -0.05) is 12.1 Å². The Morgan fingerprint density at radius 2 is 2.11 bits per heavy atom. The summed E-state index contributed by atoms with van der Waals surface area (Å²) in [5.41, 5.74) is 4.46. The lowest BCUT2D eigenvalue weighted by molar-refractivity contribution is 0.441. The topological polar surface area (TPSA) is 47.0 Å². The van der Waals surface area contributed by atoms with Gasteiger partial charge in [-0.2, -0.15) is 0 Å². The minimum atomic E-state index is 0.672. The summed E-state index contributed by atoms with van der Waals surface area (Å²) in [5.74, 6) is 1.54. The van der Waals surface area contributed by atoms with Crippen LogP contribution in [0.1, 0.15) is 22.4 Å². The van der Waals surface area contributed by atoms with Crippen LogP contribution in [0.3, 0.4) is 0 Å². The highest BCUT2D eigenvalue weighted by molar-refractivity contribution is 5.41. The van der Waals surface area contributed by atoms with Crippen LogP contribution in [-0.2, 0) is 13.0 Å². The van der Waals surface area contributed by atoms with Gasteiger partial charge in [-0.15, -0.1) is 0 Å². The summed E-state index contributed by atoms with van der Waals surface area (Å²) in [6.07, 6.45) is 2.52. The zero-order valence-electron chi connectivity index (χ0n) is 11.2. The van der Waals surface area contributed by atoms with Crippen molar-refractivity contribution in [2.45, 2.75) is 26.8 Å². The van der Waals surface area contributed by atoms with E-state index in [0.717, 1.165) is 42.1 Å². The summed E-state index contributed by atoms with van der Waals surface area (Å²) >= 11 is 0. The highest BCUT2D eigenvalue weighted by Crippen LogP contribution is 2.28. The Kier molecular flexibility index (Phi) is 3.17. The van der Waals surface area contributed by atoms with E-state index in [1.165, 1.54) is 5.56 Å². The molecule has 1 aliphatic heterocycles. The molecule has 4 heteroatoms. The Labute approximate surface area is 112 Å². The van der Waals surface area contributed by atoms with Crippen LogP contribution in [0.15, 0.2) is 24.5 Å². The highest BCUT2D eigenvalue weighted by atomic mass is 16.5. The maximum absolute atomic E-state index is 6.00. The molecule has 1 N–H and O–H groups in total. The third kappa shape index (κ3) is 2.44. The first-order valence-electron chi connectivity index (χ1n) is 6.52. The average Bonchev–Trinajstić information content (AvgIpc) is 2.43. The summed E-state index contributed by atoms with van der Waals surface area (Å²) in [7, 11) is 0. The van der Waals surface area contributed by atoms with Crippen molar-refractivity contribution in [1.82, 2.24) is 15.3 Å². The Morgan fingerprint density at radius 3 is 3.00 bits per heavy atom. The summed E-state index contributed by atoms with van der Waals surface area (Å²) in [4.78, 5) is 8.62. The first-order valence-corrected chi connectivity index (χ1v) is 6.52. The first kappa shape index (κ1) is 12.1. The highest BCUT2D eigenvalue weighted by Gasteiger charge is 2.17. The number of aromatic nitrogens is 2. The molecular formula is C15H17N3O. The van der Waals surface area contributed by atoms with Gasteiger partial charge in [0.1, 0.15) is 12.1 Å². The SMILES string of the molecule is Cc1ccc(C)c(Oc2ncnc3c2CNCC3)c1. The Bertz CT molecular complexity index is 610. The summed E-state index contributed by atoms with van der Waals surface area (Å²) < 4.78 is 6.00. The molecule has 0 atom stereocenters. The number of nitrogens with one attached hydrogen (secondary N) is 1. The van der Waals surface area contributed by atoms with E-state index >= 15 is 0 Å². The van der Waals surface area contributed by atoms with Crippen LogP contribution in [0, 0.1) is 13.8 Å². The van der Waals surface area contributed by atoms with Gasteiger partial charge >= 0.3 is 0 Å². The molecule has 98 valence electrons. The van der Waals surface area contributed by atoms with Gasteiger partial charge in [-0.3, -0.25) is 0 Å². The number of hydrogen-bond donors (Lipinski definition) is 1. The molecule has 0 bridgehead atoms. The Balaban J connectivity index is 1.97. The van der Waals surface area contributed by atoms with Crippen LogP contribution in [0.5, 0.6) is 11.6 Å². The summed E-state index contributed by atoms with van der Waals surface area (Å²) in [6, 6.07) is 6.19. The van der Waals surface area contributed by atoms with Crippen molar-refractivity contribution in [3.8, 4) is 11.6 Å². The van der Waals surface area contributed by atoms with E-state index in [1.807, 2.05) is 13.0 Å². The smallest absolute Gasteiger partial charge is 0.227 e. The molecule has 0 amide bonds. The van der Waals surface area contributed by atoms with E-state index < -0.39 is 0 Å². The zero-order chi connectivity index (χ0) is 13.2. The Morgan fingerprint density at radius 1 is 1.21 bits per heavy atom. The minimum absolute atomic E-state index is 0.672. The van der Waals surface area contributed by atoms with Crippen molar-refractivity contribution in [3.05, 3.63) is 46.9 Å². The van der Waals surface area contributed by atoms with Gasteiger partial charge in [-0.05, 0) is 31.0 Å². The fourth-order valence-corrected chi connectivity index (χ4v) is 2.25. The molecule has 19 heavy (non-hydrogen) atoms. The van der Waals surface area contributed by atoms with Crippen LogP contribution in [0.25, 0.3) is 0 Å². The van der Waals surface area contributed by atoms with Crippen LogP contribution in [-0.4, -0.2) is 16.5 Å². The molecule has 0 fully saturated rings. The van der Waals surface area contributed by atoms with Gasteiger partial charge in [0.2, 0.25) is 5.88 Å². The van der Waals surface area contributed by atoms with E-state index in [4.69, 9.17) is 4.74 Å². The number of benzene rings is 1. The van der Waals surface area contributed by atoms with Gasteiger partial charge < -0.3 is 10.1 Å². The molecular weight excluding hydrogens is 238 g/mol. The molecule has 0 saturated heterocycles. The van der Waals surface area contributed by atoms with Crippen molar-refractivity contribution in [2.24, 2.45) is 0 Å². The first-order chi connectivity index (χ1) is 9.24. The second-order valence-corrected chi connectivity index (χ2v) is 4.90. The molecule has 2 aromatic rings. The third-order valence-corrected chi connectivity index (χ3v) is 3.39. The number of fused-ring (bicyclic) bond motifs is 1. The van der Waals surface area contributed by atoms with Crippen molar-refractivity contribution in [1.29, 1.82) is 0 Å². The second kappa shape index (κ2) is 4.97. The lowest BCUT2D eigenvalue weighted by Crippen LogP contribution is -2.25. The van der Waals surface area contributed by atoms with Crippen LogP contribution >= 0.6 is 0 Å². The van der Waals surface area contributed by atoms with Crippen LogP contribution in [0.2, 0.25) is 0 Å². The zero-order valence-corrected chi connectivity index (χ0v) is 11.2. The van der Waals surface area contributed by atoms with Crippen molar-refractivity contribution in [2.75, 3.05) is 6.54 Å². The predicted octanol–water partition coefficient (Wildman–Crippen LogP) is 2.53. The van der Waals surface area contributed by atoms with Crippen LogP contribution in [0.4, 0.5) is 0 Å². The summed E-state index contributed by atoms with van der Waals surface area (Å²) in [6.45, 7) is 5.84. The molecule has 1 aromatic carbocycles. The monoisotopic (exact) mass is 255 g/mol. The number of rotatable bonds is 2. The van der Waals surface area contributed by atoms with Crippen LogP contribution < -0.4 is 10.1 Å². The summed E-state index contributed by atoms with van der Waals surface area (Å²) in [5, 5.41) is 3.33. The maximum atomic E-state index is 6.00. The molecule has 1 aromatic heterocycles. The Hall–Kier alpha value is -1.94. The predicted molar refractivity (Wildman–Crippen MR) is 73.4 cm³/mol. The molecule has 4 nitrogen and oxygen atoms in total. The second-order valence-electron chi connectivity index (χ2n) is 4.90. The third-order valence-electron chi connectivity index (χ3n) is 3.39. The molecule has 0 saturated carbocycles. The van der Waals surface area contributed by atoms with E-state index in [-0.39, 0.29) is 0 Å². The van der Waals surface area contributed by atoms with E-state index in [0.29, 0.717) is 5.88 Å². The van der Waals surface area contributed by atoms with E-state index in [2.05, 4.69) is 34.3 Å². The number of nitrogens with zero attached hydrogens (tertiary/aromatic N) is 2. The van der Waals surface area contributed by atoms with Gasteiger partial charge in [0, 0.05) is 19.5 Å². The molecule has 0 aliphatic carbocycles. The average molecular weight is 255 g/mol. The molecule has 0 radical (unpaired) electrons. The molecule has 0 unspecified atom stereocenters. The molecule has 0 spiro atoms. The number of aryl methyl sites for hydroxylation is 2. The lowest BCUT2D eigenvalue weighted by atomic mass is 10.1. The minimum Gasteiger partial charge on any atom is -0.438 e. The number of ether oxygens (including phenoxy) is 1. The lowest BCUT2D eigenvalue weighted by Gasteiger charge is -2.18. The van der Waals surface area contributed by atoms with Gasteiger partial charge in [0.15, 0.2) is 0 Å². The van der Waals surface area contributed by atoms with Gasteiger partial charge in [-0.25, -0.2) is 9.97 Å². The normalized spacial score (nSPS) is 14.0. The van der Waals surface area contributed by atoms with E-state index in [1.54, 1.807) is 6.33 Å². The largest absolute Gasteiger partial charge is 0.438 e. The van der Waals surface area contributed by atoms with Gasteiger partial charge in [0.25, 0.3) is 0 Å². The van der Waals surface area contributed by atoms with E-state index in [9.17, 15) is 0 Å². The molecule has 3 rings (SSSR count). The fourth-order valence-electron chi connectivity index (χ4n) is 2.25. The van der Waals surface area contributed by atoms with Gasteiger partial charge in [0.05, 0.1) is 11.3 Å². The van der Waals surface area contributed by atoms with Crippen molar-refractivity contribution < 1.29 is 4.74 Å². The quantitative estimate of drug-likeness (QED) is 0.895. The molecule has 2 heterocycles. The van der Waals surface area contributed by atoms with Crippen molar-refractivity contribution >= 4 is 0 Å². The fraction of sp³-hybridized carbons (Fsp3) is 0.333. The molecule has 1 aliphatic rings. The number of hydrogen-bond acceptors (Lipinski definition) is 4. The maximum Gasteiger partial charge on any atom is 0.227 e. The standard InChI is InChI=1S/C15H17N3O/c1-10-3-4-11(2)14(7-10)19-15-12-8-16-6-5-13(12)17-9-18-15/h3-4,7,9,16H,5-6,8H2,1-2H3.